The van der Waals surface area contributed by atoms with Crippen LogP contribution in [0.1, 0.15) is 13.8 Å². The van der Waals surface area contributed by atoms with Crippen LogP contribution in [0.4, 0.5) is 11.4 Å². The highest BCUT2D eigenvalue weighted by molar-refractivity contribution is 5.88. The number of nitrogens with zero attached hydrogens (tertiary/aromatic N) is 4. The topological polar surface area (TPSA) is 45.8 Å². The molecule has 6 heteroatoms. The first kappa shape index (κ1) is 25.7. The number of rotatable bonds is 6. The average molecular weight is 522 g/mol. The number of benzene rings is 3. The molecule has 2 aliphatic heterocycles. The summed E-state index contributed by atoms with van der Waals surface area (Å²) in [5.41, 5.74) is 7.25. The van der Waals surface area contributed by atoms with E-state index in [0.29, 0.717) is 17.6 Å². The molecule has 0 saturated carbocycles. The molecule has 0 radical (unpaired) electrons. The van der Waals surface area contributed by atoms with E-state index < -0.39 is 0 Å². The van der Waals surface area contributed by atoms with E-state index in [1.165, 1.54) is 16.9 Å². The van der Waals surface area contributed by atoms with E-state index in [2.05, 4.69) is 113 Å². The Morgan fingerprint density at radius 1 is 0.821 bits per heavy atom. The van der Waals surface area contributed by atoms with Crippen molar-refractivity contribution in [2.24, 2.45) is 0 Å². The van der Waals surface area contributed by atoms with Gasteiger partial charge in [0.25, 0.3) is 5.56 Å². The Balaban J connectivity index is 1.21. The Morgan fingerprint density at radius 2 is 1.46 bits per heavy atom. The van der Waals surface area contributed by atoms with E-state index in [1.807, 2.05) is 12.1 Å². The van der Waals surface area contributed by atoms with Crippen molar-refractivity contribution in [2.75, 3.05) is 63.2 Å². The first-order chi connectivity index (χ1) is 18.9. The molecule has 202 valence electrons. The highest BCUT2D eigenvalue weighted by atomic mass is 16.1. The number of fused-ring (bicyclic) bond motifs is 1. The van der Waals surface area contributed by atoms with Crippen molar-refractivity contribution >= 4 is 22.3 Å². The van der Waals surface area contributed by atoms with Gasteiger partial charge in [-0.05, 0) is 85.4 Å². The molecule has 6 nitrogen and oxygen atoms in total. The standard InChI is InChI=1S/C33H39N5O/c1-23(2)37-15-17-38(18-16-37)29-12-5-24(6-13-29)26-9-14-32-27(19-26)20-31(33(39)34-32)25-7-10-28(11-8-25)36(4)30-21-35(3)22-30/h5-14,19-20,23,30H,15-18,21-22H2,1-4H3,(H,34,39). The lowest BCUT2D eigenvalue weighted by Gasteiger charge is -2.43. The van der Waals surface area contributed by atoms with Crippen LogP contribution in [-0.2, 0) is 0 Å². The van der Waals surface area contributed by atoms with Gasteiger partial charge in [-0.2, -0.15) is 0 Å². The highest BCUT2D eigenvalue weighted by Gasteiger charge is 2.27. The molecule has 0 amide bonds. The van der Waals surface area contributed by atoms with Gasteiger partial charge in [0.1, 0.15) is 0 Å². The molecule has 2 aliphatic rings. The summed E-state index contributed by atoms with van der Waals surface area (Å²) in [4.78, 5) is 25.7. The third-order valence-electron chi connectivity index (χ3n) is 8.63. The Bertz CT molecular complexity index is 1490. The van der Waals surface area contributed by atoms with E-state index >= 15 is 0 Å². The third kappa shape index (κ3) is 5.19. The van der Waals surface area contributed by atoms with Gasteiger partial charge in [0, 0.05) is 74.8 Å². The van der Waals surface area contributed by atoms with Gasteiger partial charge in [-0.1, -0.05) is 30.3 Å². The Hall–Kier alpha value is -3.61. The summed E-state index contributed by atoms with van der Waals surface area (Å²) in [6.45, 7) is 11.1. The molecule has 6 rings (SSSR count). The van der Waals surface area contributed by atoms with Gasteiger partial charge in [0.15, 0.2) is 0 Å². The number of likely N-dealkylation sites (tertiary alicyclic amines) is 1. The largest absolute Gasteiger partial charge is 0.369 e. The normalized spacial score (nSPS) is 17.1. The molecule has 0 spiro atoms. The number of likely N-dealkylation sites (N-methyl/N-ethyl adjacent to an activating group) is 2. The molecule has 2 fully saturated rings. The van der Waals surface area contributed by atoms with Crippen molar-refractivity contribution in [3.8, 4) is 22.3 Å². The fraction of sp³-hybridized carbons (Fsp3) is 0.364. The van der Waals surface area contributed by atoms with Crippen LogP contribution in [-0.4, -0.2) is 80.2 Å². The first-order valence-electron chi connectivity index (χ1n) is 14.1. The molecule has 1 N–H and O–H groups in total. The SMILES string of the molecule is CC(C)N1CCN(c2ccc(-c3ccc4[nH]c(=O)c(-c5ccc(N(C)C6CN(C)C6)cc5)cc4c3)cc2)CC1. The maximum absolute atomic E-state index is 13.0. The lowest BCUT2D eigenvalue weighted by Crippen LogP contribution is -2.56. The lowest BCUT2D eigenvalue weighted by atomic mass is 10.00. The minimum Gasteiger partial charge on any atom is -0.369 e. The van der Waals surface area contributed by atoms with Crippen LogP contribution in [0, 0.1) is 0 Å². The number of aromatic nitrogens is 1. The minimum absolute atomic E-state index is 0.0566. The average Bonchev–Trinajstić information content (AvgIpc) is 2.95. The van der Waals surface area contributed by atoms with Gasteiger partial charge in [0.05, 0.1) is 6.04 Å². The Kier molecular flexibility index (Phi) is 6.92. The second-order valence-electron chi connectivity index (χ2n) is 11.5. The van der Waals surface area contributed by atoms with Crippen LogP contribution < -0.4 is 15.4 Å². The Labute approximate surface area is 231 Å². The quantitative estimate of drug-likeness (QED) is 0.381. The van der Waals surface area contributed by atoms with E-state index in [0.717, 1.165) is 61.3 Å². The number of hydrogen-bond donors (Lipinski definition) is 1. The predicted molar refractivity (Wildman–Crippen MR) is 164 cm³/mol. The van der Waals surface area contributed by atoms with Gasteiger partial charge >= 0.3 is 0 Å². The zero-order valence-corrected chi connectivity index (χ0v) is 23.5. The maximum Gasteiger partial charge on any atom is 0.256 e. The van der Waals surface area contributed by atoms with Crippen LogP contribution in [0.25, 0.3) is 33.2 Å². The van der Waals surface area contributed by atoms with Crippen LogP contribution >= 0.6 is 0 Å². The number of anilines is 2. The predicted octanol–water partition coefficient (Wildman–Crippen LogP) is 5.14. The number of pyridine rings is 1. The second-order valence-corrected chi connectivity index (χ2v) is 11.5. The van der Waals surface area contributed by atoms with E-state index in [9.17, 15) is 4.79 Å². The zero-order chi connectivity index (χ0) is 27.1. The number of aromatic amines is 1. The van der Waals surface area contributed by atoms with Crippen molar-refractivity contribution in [3.05, 3.63) is 83.2 Å². The van der Waals surface area contributed by atoms with Crippen molar-refractivity contribution in [2.45, 2.75) is 25.9 Å². The number of H-pyrrole nitrogens is 1. The molecular weight excluding hydrogens is 482 g/mol. The molecule has 39 heavy (non-hydrogen) atoms. The fourth-order valence-electron chi connectivity index (χ4n) is 5.96. The Morgan fingerprint density at radius 3 is 2.10 bits per heavy atom. The van der Waals surface area contributed by atoms with E-state index in [-0.39, 0.29) is 5.56 Å². The summed E-state index contributed by atoms with van der Waals surface area (Å²) >= 11 is 0. The minimum atomic E-state index is -0.0566. The molecule has 3 aromatic carbocycles. The van der Waals surface area contributed by atoms with Crippen molar-refractivity contribution < 1.29 is 0 Å². The molecule has 4 aromatic rings. The second kappa shape index (κ2) is 10.5. The van der Waals surface area contributed by atoms with Gasteiger partial charge < -0.3 is 19.7 Å². The van der Waals surface area contributed by atoms with Crippen LogP contribution in [0.5, 0.6) is 0 Å². The fourth-order valence-corrected chi connectivity index (χ4v) is 5.96. The molecule has 0 unspecified atom stereocenters. The maximum atomic E-state index is 13.0. The number of piperazine rings is 1. The summed E-state index contributed by atoms with van der Waals surface area (Å²) in [6, 6.07) is 26.8. The monoisotopic (exact) mass is 521 g/mol. The van der Waals surface area contributed by atoms with E-state index in [4.69, 9.17) is 0 Å². The molecule has 2 saturated heterocycles. The molecular formula is C33H39N5O. The summed E-state index contributed by atoms with van der Waals surface area (Å²) < 4.78 is 0. The zero-order valence-electron chi connectivity index (χ0n) is 23.5. The van der Waals surface area contributed by atoms with E-state index in [1.54, 1.807) is 0 Å². The molecule has 0 atom stereocenters. The molecule has 3 heterocycles. The van der Waals surface area contributed by atoms with Gasteiger partial charge in [-0.15, -0.1) is 0 Å². The van der Waals surface area contributed by atoms with Gasteiger partial charge in [-0.3, -0.25) is 9.69 Å². The molecule has 0 bridgehead atoms. The smallest absolute Gasteiger partial charge is 0.256 e. The van der Waals surface area contributed by atoms with Crippen LogP contribution in [0.2, 0.25) is 0 Å². The van der Waals surface area contributed by atoms with Gasteiger partial charge in [-0.25, -0.2) is 0 Å². The van der Waals surface area contributed by atoms with Crippen molar-refractivity contribution in [1.82, 2.24) is 14.8 Å². The number of nitrogens with one attached hydrogen (secondary N) is 1. The van der Waals surface area contributed by atoms with Gasteiger partial charge in [0.2, 0.25) is 0 Å². The van der Waals surface area contributed by atoms with Crippen molar-refractivity contribution in [1.29, 1.82) is 0 Å². The van der Waals surface area contributed by atoms with Crippen LogP contribution in [0.3, 0.4) is 0 Å². The van der Waals surface area contributed by atoms with Crippen molar-refractivity contribution in [3.63, 3.8) is 0 Å². The first-order valence-corrected chi connectivity index (χ1v) is 14.1. The molecule has 0 aliphatic carbocycles. The summed E-state index contributed by atoms with van der Waals surface area (Å²) in [5, 5.41) is 1.04. The number of hydrogen-bond acceptors (Lipinski definition) is 5. The van der Waals surface area contributed by atoms with Crippen LogP contribution in [0.15, 0.2) is 77.6 Å². The highest BCUT2D eigenvalue weighted by Crippen LogP contribution is 2.29. The summed E-state index contributed by atoms with van der Waals surface area (Å²) in [6.07, 6.45) is 0. The third-order valence-corrected chi connectivity index (χ3v) is 8.63. The summed E-state index contributed by atoms with van der Waals surface area (Å²) in [5.74, 6) is 0. The molecule has 1 aromatic heterocycles. The lowest BCUT2D eigenvalue weighted by molar-refractivity contribution is 0.187. The summed E-state index contributed by atoms with van der Waals surface area (Å²) in [7, 11) is 4.30.